The van der Waals surface area contributed by atoms with Crippen LogP contribution in [0.25, 0.3) is 0 Å². The van der Waals surface area contributed by atoms with Crippen LogP contribution >= 0.6 is 69.0 Å². The fourth-order valence-corrected chi connectivity index (χ4v) is 14.2. The lowest BCUT2D eigenvalue weighted by Gasteiger charge is -2.29. The highest BCUT2D eigenvalue weighted by Gasteiger charge is 2.35. The molecular formula is C92H151B5Cl4IN11O27. The van der Waals surface area contributed by atoms with Crippen molar-refractivity contribution in [3.05, 3.63) is 165 Å². The monoisotopic (exact) mass is 2160 g/mol. The molecule has 0 aliphatic heterocycles. The van der Waals surface area contributed by atoms with Crippen LogP contribution in [-0.4, -0.2) is 264 Å². The highest BCUT2D eigenvalue weighted by molar-refractivity contribution is 14.1. The maximum Gasteiger partial charge on any atom is 0.374 e. The predicted molar refractivity (Wildman–Crippen MR) is 563 cm³/mol. The first-order valence-electron chi connectivity index (χ1n) is 45.4. The molecule has 0 saturated carbocycles. The van der Waals surface area contributed by atoms with Crippen LogP contribution in [0.1, 0.15) is 217 Å². The molecule has 0 aliphatic rings. The molecule has 5 aromatic rings. The minimum absolute atomic E-state index is 0.0403. The number of halogens is 5. The summed E-state index contributed by atoms with van der Waals surface area (Å²) in [5.74, 6) is -1.52. The number of hydrogen-bond donors (Lipinski definition) is 18. The van der Waals surface area contributed by atoms with E-state index in [0.717, 1.165) is 37.2 Å². The van der Waals surface area contributed by atoms with Crippen LogP contribution < -0.4 is 47.4 Å². The van der Waals surface area contributed by atoms with Crippen molar-refractivity contribution in [2.24, 2.45) is 5.73 Å². The number of non-ortho nitro benzene ring substituents is 2. The third-order valence-electron chi connectivity index (χ3n) is 18.8. The third kappa shape index (κ3) is 60.2. The predicted octanol–water partition coefficient (Wildman–Crippen LogP) is 10.6. The minimum Gasteiger partial charge on any atom is -0.481 e. The van der Waals surface area contributed by atoms with E-state index in [1.165, 1.54) is 51.6 Å². The number of alkyl halides is 4. The van der Waals surface area contributed by atoms with Gasteiger partial charge in [-0.2, -0.15) is 0 Å². The second-order valence-corrected chi connectivity index (χ2v) is 40.7. The first-order chi connectivity index (χ1) is 64.4. The Kier molecular flexibility index (Phi) is 63.7. The van der Waals surface area contributed by atoms with Crippen molar-refractivity contribution in [2.45, 2.75) is 300 Å². The largest absolute Gasteiger partial charge is 0.481 e. The Balaban J connectivity index is 0. The number of ether oxygens (including phenoxy) is 5. The number of aldehydes is 1. The molecule has 140 heavy (non-hydrogen) atoms. The summed E-state index contributed by atoms with van der Waals surface area (Å²) in [6.45, 7) is 45.5. The van der Waals surface area contributed by atoms with Crippen molar-refractivity contribution in [3.8, 4) is 0 Å². The van der Waals surface area contributed by atoms with Crippen LogP contribution in [0.15, 0.2) is 91.0 Å². The highest BCUT2D eigenvalue weighted by atomic mass is 127. The highest BCUT2D eigenvalue weighted by Crippen LogP contribution is 2.33. The number of nitrogens with one attached hydrogen (secondary N) is 5. The molecule has 0 fully saturated rings. The van der Waals surface area contributed by atoms with Crippen LogP contribution in [0.2, 0.25) is 34.1 Å². The van der Waals surface area contributed by atoms with E-state index in [2.05, 4.69) is 48.7 Å². The number of aliphatic hydroxyl groups is 5. The number of carbonyl (C=O) groups excluding carboxylic acids is 6. The van der Waals surface area contributed by atoms with Crippen molar-refractivity contribution in [3.63, 3.8) is 0 Å². The number of hydrogen-bond acceptors (Lipinski definition) is 35. The summed E-state index contributed by atoms with van der Waals surface area (Å²) in [4.78, 5) is 105. The van der Waals surface area contributed by atoms with Crippen LogP contribution in [0.4, 0.5) is 28.4 Å². The molecule has 20 N–H and O–H groups in total. The molecule has 0 amide bonds. The number of nitrogen functional groups attached to an aromatic ring is 1. The van der Waals surface area contributed by atoms with Gasteiger partial charge in [-0.25, -0.2) is 0 Å². The molecule has 0 aromatic heterocycles. The van der Waals surface area contributed by atoms with E-state index in [1.807, 2.05) is 73.9 Å². The number of nitrogens with two attached hydrogens (primary N) is 2. The fraction of sp³-hybridized carbons (Fsp3) is 0.598. The van der Waals surface area contributed by atoms with Gasteiger partial charge in [-0.1, -0.05) is 30.3 Å². The van der Waals surface area contributed by atoms with Crippen LogP contribution in [0, 0.1) is 58.4 Å². The summed E-state index contributed by atoms with van der Waals surface area (Å²) < 4.78 is 27.0. The maximum atomic E-state index is 12.3. The lowest BCUT2D eigenvalue weighted by atomic mass is 9.84. The number of nitro groups is 2. The maximum absolute atomic E-state index is 12.3. The Bertz CT molecular complexity index is 4590. The van der Waals surface area contributed by atoms with Gasteiger partial charge in [0.1, 0.15) is 34.3 Å². The smallest absolute Gasteiger partial charge is 0.374 e. The number of aliphatic carboxylic acids is 1. The van der Waals surface area contributed by atoms with Gasteiger partial charge >= 0.3 is 71.1 Å². The number of anilines is 3. The Labute approximate surface area is 860 Å². The van der Waals surface area contributed by atoms with Crippen molar-refractivity contribution in [1.29, 1.82) is 0 Å². The molecule has 0 bridgehead atoms. The number of carboxylic acid groups (broad SMARTS) is 1. The van der Waals surface area contributed by atoms with E-state index < -0.39 is 165 Å². The third-order valence-corrected chi connectivity index (χ3v) is 20.6. The first kappa shape index (κ1) is 134. The molecule has 4 unspecified atom stereocenters. The molecule has 0 radical (unpaired) electrons. The second-order valence-electron chi connectivity index (χ2n) is 38.1. The molecule has 5 rings (SSSR count). The summed E-state index contributed by atoms with van der Waals surface area (Å²) in [5, 5.41) is 142. The summed E-state index contributed by atoms with van der Waals surface area (Å²) in [7, 11) is -4.35. The zero-order valence-electron chi connectivity index (χ0n) is 85.3. The van der Waals surface area contributed by atoms with Gasteiger partial charge in [0.25, 0.3) is 11.4 Å². The van der Waals surface area contributed by atoms with E-state index in [4.69, 9.17) is 102 Å². The Morgan fingerprint density at radius 1 is 0.429 bits per heavy atom. The molecule has 0 heterocycles. The summed E-state index contributed by atoms with van der Waals surface area (Å²) in [5.41, 5.74) is 17.4. The first-order valence-corrected chi connectivity index (χ1v) is 48.6. The Morgan fingerprint density at radius 3 is 0.993 bits per heavy atom. The topological polar surface area (TPSA) is 593 Å². The molecule has 48 heteroatoms. The number of carboxylic acids is 1. The summed E-state index contributed by atoms with van der Waals surface area (Å²) >= 11 is 25.5. The van der Waals surface area contributed by atoms with Gasteiger partial charge in [-0.3, -0.25) is 49.0 Å². The number of rotatable bonds is 44. The van der Waals surface area contributed by atoms with Crippen molar-refractivity contribution >= 4 is 175 Å². The average molecular weight is 2170 g/mol. The number of nitro benzene ring substituents is 2. The van der Waals surface area contributed by atoms with Crippen LogP contribution in [-0.2, 0) is 57.2 Å². The van der Waals surface area contributed by atoms with Crippen molar-refractivity contribution in [1.82, 2.24) is 26.1 Å². The number of aryl methyl sites for hydroxylation is 5. The van der Waals surface area contributed by atoms with Crippen LogP contribution in [0.3, 0.4) is 0 Å². The molecule has 38 nitrogen and oxygen atoms in total. The number of esters is 5. The normalized spacial score (nSPS) is 13.4. The van der Waals surface area contributed by atoms with Gasteiger partial charge in [-0.15, -0.1) is 46.4 Å². The molecule has 0 aliphatic carbocycles. The SMILES string of the molecule is CB(O)N[C@@H](C=O)CC(=O)OC(C)(C)C.CB(O)N[C@@H](CO)CC(=O)OC(C)(C)C.CB(O)N[C@H](CC(=O)OC(C)(C)C)C(O)c1cc(N(CCCl)CCCl)ccc1C.CB(O)N[C@H](CC(=O)OC(C)(C)C)C(O)c1cc(N)ccc1C.CB(O)N[C@H](CC(=O)OC(C)(C)C)C(O)c1cc([N+](=O)[O-])ccc1C.Cc1ccc(N(CCCl)CCCl)cc1C(O)[C@H](N)CC(=O)O.Cc1ccc([N+](=O)[O-])cc1I. The molecule has 0 saturated heterocycles. The van der Waals surface area contributed by atoms with Crippen molar-refractivity contribution < 1.29 is 123 Å². The number of aliphatic hydroxyl groups excluding tert-OH is 5. The Hall–Kier alpha value is -7.64. The van der Waals surface area contributed by atoms with E-state index in [9.17, 15) is 89.3 Å². The zero-order valence-corrected chi connectivity index (χ0v) is 90.5. The quantitative estimate of drug-likeness (QED) is 0.00198. The number of nitrogens with zero attached hydrogens (tertiary/aromatic N) is 4. The van der Waals surface area contributed by atoms with Gasteiger partial charge in [0.2, 0.25) is 0 Å². The van der Waals surface area contributed by atoms with E-state index in [0.29, 0.717) is 89.5 Å². The van der Waals surface area contributed by atoms with Crippen molar-refractivity contribution in [2.75, 3.05) is 71.8 Å². The number of benzene rings is 5. The molecule has 0 spiro atoms. The standard InChI is InChI=1S/C20H33BCl2N2O4.C16H25BN2O6.C16H27BN2O4.C15H22Cl2N2O3.C9H20BNO4.C9H18BNO4.C7H6INO2/c1-14-6-7-15(25(10-8-22)11-9-23)12-16(14)19(27)17(24-21(5)28)13-18(26)29-20(2,3)4;1-10-6-7-11(19(23)24)8-12(10)15(21)13(18-17(5)22)9-14(20)25-16(2,3)4;1-10-6-7-11(18)8-12(10)15(21)13(19-17(5)22)9-14(20)23-16(2,3)4;1-10-2-3-11(19(6-4-16)7-5-17)8-12(10)15(22)13(18)9-14(20)21;2*1-9(2,3)15-8(13)5-7(6-12)11-10(4)14;1-5-2-3-6(9(10)11)4-7(5)8/h6-7,12,17,19,24,27-28H,8-11,13H2,1-5H3;6-8,13,15,18,21-22H,9H2,1-5H3;6-8,13,15,19,21-22H,9,18H2,1-5H3;2-3,8,13,15,22H,4-7,9,18H2,1H3,(H,20,21);7,11-12,14H,5-6H2,1-4H3;6-7,11,14H,5H2,1-4H3;2-4H,1H3/t17-,19?;3*13-,15?;2*7-;/m111111./s1. The van der Waals surface area contributed by atoms with Gasteiger partial charge in [0.15, 0.2) is 0 Å². The Morgan fingerprint density at radius 2 is 0.707 bits per heavy atom. The molecule has 10 atom stereocenters. The number of carbonyl (C=O) groups is 7. The average Bonchev–Trinajstić information content (AvgIpc) is 0.821. The van der Waals surface area contributed by atoms with E-state index in [-0.39, 0.29) is 61.4 Å². The lowest BCUT2D eigenvalue weighted by Crippen LogP contribution is -2.45. The molecular weight excluding hydrogens is 2010 g/mol. The van der Waals surface area contributed by atoms with E-state index >= 15 is 0 Å². The van der Waals surface area contributed by atoms with Gasteiger partial charge < -0.3 is 132 Å². The summed E-state index contributed by atoms with van der Waals surface area (Å²) in [6.07, 6.45) is -4.40. The van der Waals surface area contributed by atoms with Gasteiger partial charge in [0.05, 0.1) is 85.4 Å². The molecule has 786 valence electrons. The minimum atomic E-state index is -1.23. The second kappa shape index (κ2) is 66.4. The van der Waals surface area contributed by atoms with Gasteiger partial charge in [-0.05, 0) is 282 Å². The van der Waals surface area contributed by atoms with E-state index in [1.54, 1.807) is 148 Å². The fourth-order valence-electron chi connectivity index (χ4n) is 12.9. The molecule has 5 aromatic carbocycles. The van der Waals surface area contributed by atoms with Crippen LogP contribution in [0.5, 0.6) is 0 Å². The van der Waals surface area contributed by atoms with Gasteiger partial charge in [0, 0.05) is 125 Å². The zero-order chi connectivity index (χ0) is 109. The summed E-state index contributed by atoms with van der Waals surface area (Å²) in [6, 6.07) is 21.2. The lowest BCUT2D eigenvalue weighted by molar-refractivity contribution is -0.385.